The maximum atomic E-state index is 13.1. The molecule has 1 atom stereocenters. The first-order valence-corrected chi connectivity index (χ1v) is 12.1. The smallest absolute Gasteiger partial charge is 0.407 e. The SMILES string of the molecule is COc1ccc(NC(=O)[C@H](C)N(C)C(=O)O)cc1NS(=O)(=O)c1ccc(-c2ccc(C)o2)cc1Cl. The minimum Gasteiger partial charge on any atom is -0.495 e. The van der Waals surface area contributed by atoms with Gasteiger partial charge in [0.1, 0.15) is 28.2 Å². The van der Waals surface area contributed by atoms with Crippen LogP contribution in [0.4, 0.5) is 16.2 Å². The molecule has 12 heteroatoms. The summed E-state index contributed by atoms with van der Waals surface area (Å²) >= 11 is 6.30. The molecule has 2 amide bonds. The average molecular weight is 522 g/mol. The molecule has 0 fully saturated rings. The number of anilines is 2. The number of benzene rings is 2. The van der Waals surface area contributed by atoms with E-state index in [2.05, 4.69) is 10.0 Å². The molecule has 0 aliphatic rings. The highest BCUT2D eigenvalue weighted by Gasteiger charge is 2.24. The number of likely N-dealkylation sites (N-methyl/N-ethyl adjacent to an activating group) is 1. The lowest BCUT2D eigenvalue weighted by Crippen LogP contribution is -2.42. The Kier molecular flexibility index (Phi) is 7.61. The molecule has 0 spiro atoms. The molecule has 0 saturated carbocycles. The van der Waals surface area contributed by atoms with Gasteiger partial charge < -0.3 is 19.6 Å². The largest absolute Gasteiger partial charge is 0.495 e. The highest BCUT2D eigenvalue weighted by molar-refractivity contribution is 7.92. The van der Waals surface area contributed by atoms with Gasteiger partial charge in [-0.2, -0.15) is 0 Å². The van der Waals surface area contributed by atoms with E-state index in [1.54, 1.807) is 25.1 Å². The van der Waals surface area contributed by atoms with Crippen LogP contribution in [0.2, 0.25) is 5.02 Å². The van der Waals surface area contributed by atoms with Crippen molar-refractivity contribution in [3.05, 3.63) is 59.3 Å². The van der Waals surface area contributed by atoms with Crippen molar-refractivity contribution in [2.75, 3.05) is 24.2 Å². The van der Waals surface area contributed by atoms with Crippen molar-refractivity contribution < 1.29 is 32.3 Å². The van der Waals surface area contributed by atoms with Gasteiger partial charge in [-0.1, -0.05) is 11.6 Å². The molecule has 10 nitrogen and oxygen atoms in total. The standard InChI is InChI=1S/C23H24ClN3O7S/c1-13-5-8-19(34-13)15-6-10-21(17(24)11-15)35(31,32)26-18-12-16(7-9-20(18)33-4)25-22(28)14(2)27(3)23(29)30/h5-12,14,26H,1-4H3,(H,25,28)(H,29,30)/t14-/m0/s1. The first-order chi connectivity index (χ1) is 16.4. The molecule has 0 saturated heterocycles. The molecule has 0 unspecified atom stereocenters. The van der Waals surface area contributed by atoms with Crippen LogP contribution in [0.5, 0.6) is 5.75 Å². The Morgan fingerprint density at radius 1 is 1.14 bits per heavy atom. The van der Waals surface area contributed by atoms with Gasteiger partial charge in [-0.15, -0.1) is 0 Å². The summed E-state index contributed by atoms with van der Waals surface area (Å²) < 4.78 is 39.5. The van der Waals surface area contributed by atoms with Crippen LogP contribution in [-0.2, 0) is 14.8 Å². The van der Waals surface area contributed by atoms with Crippen molar-refractivity contribution >= 4 is 45.0 Å². The van der Waals surface area contributed by atoms with Crippen LogP contribution in [-0.4, -0.2) is 50.6 Å². The van der Waals surface area contributed by atoms with Crippen LogP contribution in [0.3, 0.4) is 0 Å². The quantitative estimate of drug-likeness (QED) is 0.392. The predicted octanol–water partition coefficient (Wildman–Crippen LogP) is 4.65. The highest BCUT2D eigenvalue weighted by Crippen LogP contribution is 2.33. The van der Waals surface area contributed by atoms with Gasteiger partial charge in [0.15, 0.2) is 0 Å². The fourth-order valence-electron chi connectivity index (χ4n) is 3.12. The van der Waals surface area contributed by atoms with Gasteiger partial charge in [-0.25, -0.2) is 13.2 Å². The molecule has 186 valence electrons. The summed E-state index contributed by atoms with van der Waals surface area (Å²) in [5.74, 6) is 0.855. The first-order valence-electron chi connectivity index (χ1n) is 10.3. The van der Waals surface area contributed by atoms with Gasteiger partial charge in [-0.05, 0) is 62.4 Å². The Morgan fingerprint density at radius 3 is 2.43 bits per heavy atom. The first kappa shape index (κ1) is 25.9. The number of nitrogens with zero attached hydrogens (tertiary/aromatic N) is 1. The van der Waals surface area contributed by atoms with Gasteiger partial charge in [0.05, 0.1) is 17.8 Å². The van der Waals surface area contributed by atoms with E-state index in [4.69, 9.17) is 25.9 Å². The zero-order chi connectivity index (χ0) is 25.9. The lowest BCUT2D eigenvalue weighted by atomic mass is 10.2. The van der Waals surface area contributed by atoms with E-state index < -0.39 is 28.1 Å². The number of nitrogens with one attached hydrogen (secondary N) is 2. The zero-order valence-corrected chi connectivity index (χ0v) is 20.9. The summed E-state index contributed by atoms with van der Waals surface area (Å²) in [6.07, 6.45) is -1.26. The molecule has 2 aromatic carbocycles. The fourth-order valence-corrected chi connectivity index (χ4v) is 4.72. The third-order valence-electron chi connectivity index (χ3n) is 5.22. The molecule has 0 aliphatic carbocycles. The fraction of sp³-hybridized carbons (Fsp3) is 0.217. The lowest BCUT2D eigenvalue weighted by Gasteiger charge is -2.21. The van der Waals surface area contributed by atoms with Crippen molar-refractivity contribution in [2.45, 2.75) is 24.8 Å². The Labute approximate surface area is 207 Å². The molecule has 35 heavy (non-hydrogen) atoms. The second-order valence-corrected chi connectivity index (χ2v) is 9.69. The maximum absolute atomic E-state index is 13.1. The zero-order valence-electron chi connectivity index (χ0n) is 19.3. The van der Waals surface area contributed by atoms with Crippen LogP contribution in [0.25, 0.3) is 11.3 Å². The van der Waals surface area contributed by atoms with Crippen molar-refractivity contribution in [2.24, 2.45) is 0 Å². The summed E-state index contributed by atoms with van der Waals surface area (Å²) in [6, 6.07) is 11.3. The molecule has 0 aliphatic heterocycles. The van der Waals surface area contributed by atoms with Crippen molar-refractivity contribution in [3.63, 3.8) is 0 Å². The van der Waals surface area contributed by atoms with E-state index in [0.29, 0.717) is 17.1 Å². The third-order valence-corrected chi connectivity index (χ3v) is 7.07. The van der Waals surface area contributed by atoms with E-state index in [1.165, 1.54) is 51.4 Å². The Balaban J connectivity index is 1.87. The number of methoxy groups -OCH3 is 1. The third kappa shape index (κ3) is 5.87. The number of furan rings is 1. The molecule has 1 aromatic heterocycles. The Bertz CT molecular complexity index is 1370. The molecule has 0 radical (unpaired) electrons. The number of hydrogen-bond acceptors (Lipinski definition) is 6. The molecular formula is C23H24ClN3O7S. The summed E-state index contributed by atoms with van der Waals surface area (Å²) in [4.78, 5) is 24.2. The van der Waals surface area contributed by atoms with Crippen molar-refractivity contribution in [3.8, 4) is 17.1 Å². The van der Waals surface area contributed by atoms with E-state index in [-0.39, 0.29) is 27.0 Å². The minimum absolute atomic E-state index is 0.0157. The van der Waals surface area contributed by atoms with Gasteiger partial charge >= 0.3 is 6.09 Å². The number of hydrogen-bond donors (Lipinski definition) is 3. The van der Waals surface area contributed by atoms with Crippen LogP contribution < -0.4 is 14.8 Å². The average Bonchev–Trinajstić information content (AvgIpc) is 3.24. The minimum atomic E-state index is -4.15. The molecule has 1 heterocycles. The maximum Gasteiger partial charge on any atom is 0.407 e. The number of amides is 2. The summed E-state index contributed by atoms with van der Waals surface area (Å²) in [5.41, 5.74) is 0.893. The second kappa shape index (κ2) is 10.3. The van der Waals surface area contributed by atoms with Crippen LogP contribution in [0.1, 0.15) is 12.7 Å². The Morgan fingerprint density at radius 2 is 1.86 bits per heavy atom. The predicted molar refractivity (Wildman–Crippen MR) is 132 cm³/mol. The van der Waals surface area contributed by atoms with E-state index in [0.717, 1.165) is 4.90 Å². The van der Waals surface area contributed by atoms with Crippen LogP contribution >= 0.6 is 11.6 Å². The van der Waals surface area contributed by atoms with E-state index in [1.807, 2.05) is 0 Å². The summed E-state index contributed by atoms with van der Waals surface area (Å²) in [5, 5.41) is 11.6. The lowest BCUT2D eigenvalue weighted by molar-refractivity contribution is -0.119. The number of sulfonamides is 1. The number of carbonyl (C=O) groups excluding carboxylic acids is 1. The number of rotatable bonds is 8. The van der Waals surface area contributed by atoms with Gasteiger partial charge in [0, 0.05) is 18.3 Å². The summed E-state index contributed by atoms with van der Waals surface area (Å²) in [6.45, 7) is 3.22. The van der Waals surface area contributed by atoms with E-state index >= 15 is 0 Å². The number of ether oxygens (including phenoxy) is 1. The van der Waals surface area contributed by atoms with Gasteiger partial charge in [0.25, 0.3) is 10.0 Å². The van der Waals surface area contributed by atoms with Gasteiger partial charge in [-0.3, -0.25) is 14.4 Å². The summed E-state index contributed by atoms with van der Waals surface area (Å²) in [7, 11) is -1.52. The molecule has 3 aromatic rings. The number of carbonyl (C=O) groups is 2. The topological polar surface area (TPSA) is 138 Å². The second-order valence-electron chi connectivity index (χ2n) is 7.63. The highest BCUT2D eigenvalue weighted by atomic mass is 35.5. The van der Waals surface area contributed by atoms with E-state index in [9.17, 15) is 18.0 Å². The normalized spacial score (nSPS) is 12.0. The monoisotopic (exact) mass is 521 g/mol. The molecule has 3 N–H and O–H groups in total. The van der Waals surface area contributed by atoms with Crippen molar-refractivity contribution in [1.82, 2.24) is 4.90 Å². The number of carboxylic acid groups (broad SMARTS) is 1. The number of halogens is 1. The van der Waals surface area contributed by atoms with Crippen molar-refractivity contribution in [1.29, 1.82) is 0 Å². The Hall–Kier alpha value is -3.70. The van der Waals surface area contributed by atoms with Crippen LogP contribution in [0.15, 0.2) is 57.8 Å². The van der Waals surface area contributed by atoms with Crippen LogP contribution in [0, 0.1) is 6.92 Å². The molecular weight excluding hydrogens is 498 g/mol. The molecule has 3 rings (SSSR count). The molecule has 0 bridgehead atoms. The van der Waals surface area contributed by atoms with Gasteiger partial charge in [0.2, 0.25) is 5.91 Å². The number of aryl methyl sites for hydroxylation is 1.